The van der Waals surface area contributed by atoms with Crippen LogP contribution in [0.2, 0.25) is 0 Å². The highest BCUT2D eigenvalue weighted by molar-refractivity contribution is 5.69. The second-order valence-corrected chi connectivity index (χ2v) is 7.02. The smallest absolute Gasteiger partial charge is 0.0695 e. The number of hydrogen-bond acceptors (Lipinski definition) is 3. The lowest BCUT2D eigenvalue weighted by atomic mass is 9.99. The van der Waals surface area contributed by atoms with Crippen LogP contribution >= 0.6 is 0 Å². The quantitative estimate of drug-likeness (QED) is 0.731. The average Bonchev–Trinajstić information content (AvgIpc) is 3.17. The Bertz CT molecular complexity index is 826. The molecule has 0 bridgehead atoms. The molecule has 26 heavy (non-hydrogen) atoms. The van der Waals surface area contributed by atoms with Crippen molar-refractivity contribution in [2.24, 2.45) is 0 Å². The van der Waals surface area contributed by atoms with Crippen LogP contribution in [0.3, 0.4) is 0 Å². The molecule has 134 valence electrons. The molecule has 4 rings (SSSR count). The summed E-state index contributed by atoms with van der Waals surface area (Å²) in [5.74, 6) is 0. The van der Waals surface area contributed by atoms with Gasteiger partial charge in [-0.05, 0) is 36.1 Å². The molecule has 4 heteroatoms. The van der Waals surface area contributed by atoms with Crippen LogP contribution in [0.15, 0.2) is 60.8 Å². The Labute approximate surface area is 154 Å². The Balaban J connectivity index is 1.55. The molecular formula is C22H25N3O. The maximum atomic E-state index is 9.65. The van der Waals surface area contributed by atoms with Crippen LogP contribution in [-0.4, -0.2) is 39.4 Å². The number of aromatic amines is 1. The van der Waals surface area contributed by atoms with Gasteiger partial charge in [-0.15, -0.1) is 0 Å². The van der Waals surface area contributed by atoms with Crippen LogP contribution in [0, 0.1) is 0 Å². The molecule has 0 unspecified atom stereocenters. The number of H-pyrrole nitrogens is 1. The molecule has 0 amide bonds. The van der Waals surface area contributed by atoms with E-state index in [2.05, 4.69) is 63.6 Å². The van der Waals surface area contributed by atoms with E-state index in [1.807, 2.05) is 12.3 Å². The summed E-state index contributed by atoms with van der Waals surface area (Å²) < 4.78 is 0. The molecule has 2 heterocycles. The first-order chi connectivity index (χ1) is 12.8. The largest absolute Gasteiger partial charge is 0.395 e. The minimum atomic E-state index is 0.235. The van der Waals surface area contributed by atoms with Crippen molar-refractivity contribution in [2.45, 2.75) is 31.8 Å². The first-order valence-corrected chi connectivity index (χ1v) is 9.38. The highest BCUT2D eigenvalue weighted by atomic mass is 16.3. The van der Waals surface area contributed by atoms with Crippen LogP contribution in [0.4, 0.5) is 0 Å². The molecule has 1 atom stereocenters. The number of nitrogens with one attached hydrogen (secondary N) is 1. The van der Waals surface area contributed by atoms with Gasteiger partial charge in [0, 0.05) is 18.2 Å². The number of hydrogen-bond donors (Lipinski definition) is 2. The topological polar surface area (TPSA) is 52.1 Å². The number of rotatable bonds is 5. The summed E-state index contributed by atoms with van der Waals surface area (Å²) in [5.41, 5.74) is 5.86. The lowest BCUT2D eigenvalue weighted by Gasteiger charge is -2.34. The van der Waals surface area contributed by atoms with Gasteiger partial charge < -0.3 is 5.11 Å². The van der Waals surface area contributed by atoms with Crippen LogP contribution in [0.25, 0.3) is 22.4 Å². The van der Waals surface area contributed by atoms with Gasteiger partial charge in [0.05, 0.1) is 18.5 Å². The number of aliphatic hydroxyl groups is 1. The summed E-state index contributed by atoms with van der Waals surface area (Å²) in [4.78, 5) is 2.39. The molecule has 0 aliphatic carbocycles. The zero-order valence-electron chi connectivity index (χ0n) is 14.9. The summed E-state index contributed by atoms with van der Waals surface area (Å²) in [6.07, 6.45) is 5.41. The Morgan fingerprint density at radius 1 is 0.962 bits per heavy atom. The van der Waals surface area contributed by atoms with Crippen molar-refractivity contribution in [1.29, 1.82) is 0 Å². The molecule has 2 aromatic carbocycles. The minimum absolute atomic E-state index is 0.235. The second-order valence-electron chi connectivity index (χ2n) is 7.02. The number of aromatic nitrogens is 2. The van der Waals surface area contributed by atoms with E-state index in [0.29, 0.717) is 0 Å². The van der Waals surface area contributed by atoms with Gasteiger partial charge in [-0.2, -0.15) is 5.10 Å². The third-order valence-electron chi connectivity index (χ3n) is 5.33. The summed E-state index contributed by atoms with van der Waals surface area (Å²) in [5, 5.41) is 17.1. The van der Waals surface area contributed by atoms with Crippen molar-refractivity contribution in [3.63, 3.8) is 0 Å². The summed E-state index contributed by atoms with van der Waals surface area (Å²) in [6.45, 7) is 2.11. The molecule has 1 aliphatic heterocycles. The molecule has 4 nitrogen and oxygen atoms in total. The van der Waals surface area contributed by atoms with E-state index in [1.54, 1.807) is 0 Å². The van der Waals surface area contributed by atoms with E-state index in [0.717, 1.165) is 30.8 Å². The number of nitrogens with zero attached hydrogens (tertiary/aromatic N) is 2. The molecule has 2 N–H and O–H groups in total. The molecule has 0 spiro atoms. The van der Waals surface area contributed by atoms with Crippen LogP contribution in [-0.2, 0) is 6.54 Å². The second kappa shape index (κ2) is 7.85. The van der Waals surface area contributed by atoms with E-state index >= 15 is 0 Å². The van der Waals surface area contributed by atoms with Crippen molar-refractivity contribution in [1.82, 2.24) is 15.1 Å². The zero-order valence-corrected chi connectivity index (χ0v) is 14.9. The van der Waals surface area contributed by atoms with Gasteiger partial charge >= 0.3 is 0 Å². The Morgan fingerprint density at radius 2 is 1.69 bits per heavy atom. The molecule has 1 fully saturated rings. The van der Waals surface area contributed by atoms with E-state index < -0.39 is 0 Å². The van der Waals surface area contributed by atoms with E-state index in [1.165, 1.54) is 29.5 Å². The molecule has 1 saturated heterocycles. The Morgan fingerprint density at radius 3 is 2.46 bits per heavy atom. The third kappa shape index (κ3) is 3.57. The number of likely N-dealkylation sites (tertiary alicyclic amines) is 1. The lowest BCUT2D eigenvalue weighted by molar-refractivity contribution is 0.0842. The summed E-state index contributed by atoms with van der Waals surface area (Å²) >= 11 is 0. The molecule has 1 aromatic heterocycles. The number of piperidine rings is 1. The van der Waals surface area contributed by atoms with E-state index in [-0.39, 0.29) is 12.6 Å². The maximum Gasteiger partial charge on any atom is 0.0695 e. The van der Waals surface area contributed by atoms with Gasteiger partial charge in [0.1, 0.15) is 0 Å². The zero-order chi connectivity index (χ0) is 17.8. The van der Waals surface area contributed by atoms with Gasteiger partial charge in [0.2, 0.25) is 0 Å². The van der Waals surface area contributed by atoms with Gasteiger partial charge in [-0.25, -0.2) is 0 Å². The van der Waals surface area contributed by atoms with Crippen molar-refractivity contribution in [2.75, 3.05) is 13.2 Å². The third-order valence-corrected chi connectivity index (χ3v) is 5.33. The standard InChI is InChI=1S/C22H25N3O/c26-16-21-8-4-5-13-25(21)15-20-14-23-24-22(20)19-11-9-18(10-12-19)17-6-2-1-3-7-17/h1-3,6-7,9-12,14,21,26H,4-5,8,13,15-16H2,(H,23,24)/t21-/m1/s1. The summed E-state index contributed by atoms with van der Waals surface area (Å²) in [6, 6.07) is 19.3. The van der Waals surface area contributed by atoms with Crippen molar-refractivity contribution < 1.29 is 5.11 Å². The fourth-order valence-corrected chi connectivity index (χ4v) is 3.83. The molecule has 0 radical (unpaired) electrons. The SMILES string of the molecule is OC[C@H]1CCCCN1Cc1cn[nH]c1-c1ccc(-c2ccccc2)cc1. The Kier molecular flexibility index (Phi) is 5.14. The normalized spacial score (nSPS) is 18.1. The monoisotopic (exact) mass is 347 g/mol. The minimum Gasteiger partial charge on any atom is -0.395 e. The average molecular weight is 347 g/mol. The van der Waals surface area contributed by atoms with Crippen molar-refractivity contribution in [3.8, 4) is 22.4 Å². The van der Waals surface area contributed by atoms with Gasteiger partial charge in [-0.3, -0.25) is 10.00 Å². The lowest BCUT2D eigenvalue weighted by Crippen LogP contribution is -2.41. The van der Waals surface area contributed by atoms with Gasteiger partial charge in [0.25, 0.3) is 0 Å². The molecule has 1 aliphatic rings. The number of aliphatic hydroxyl groups excluding tert-OH is 1. The highest BCUT2D eigenvalue weighted by Gasteiger charge is 2.23. The summed E-state index contributed by atoms with van der Waals surface area (Å²) in [7, 11) is 0. The van der Waals surface area contributed by atoms with E-state index in [4.69, 9.17) is 0 Å². The van der Waals surface area contributed by atoms with Crippen LogP contribution < -0.4 is 0 Å². The predicted molar refractivity (Wildman–Crippen MR) is 105 cm³/mol. The predicted octanol–water partition coefficient (Wildman–Crippen LogP) is 4.09. The van der Waals surface area contributed by atoms with E-state index in [9.17, 15) is 5.11 Å². The highest BCUT2D eigenvalue weighted by Crippen LogP contribution is 2.28. The van der Waals surface area contributed by atoms with Gasteiger partial charge in [-0.1, -0.05) is 61.0 Å². The Hall–Kier alpha value is -2.43. The maximum absolute atomic E-state index is 9.65. The fraction of sp³-hybridized carbons (Fsp3) is 0.318. The number of benzene rings is 2. The van der Waals surface area contributed by atoms with Crippen molar-refractivity contribution >= 4 is 0 Å². The van der Waals surface area contributed by atoms with Crippen molar-refractivity contribution in [3.05, 3.63) is 66.4 Å². The fourth-order valence-electron chi connectivity index (χ4n) is 3.83. The first-order valence-electron chi connectivity index (χ1n) is 9.38. The molecule has 0 saturated carbocycles. The van der Waals surface area contributed by atoms with Crippen LogP contribution in [0.1, 0.15) is 24.8 Å². The first kappa shape index (κ1) is 17.0. The van der Waals surface area contributed by atoms with Gasteiger partial charge in [0.15, 0.2) is 0 Å². The van der Waals surface area contributed by atoms with Crippen LogP contribution in [0.5, 0.6) is 0 Å². The molecule has 3 aromatic rings. The molecular weight excluding hydrogens is 322 g/mol.